The molecule has 1 atom stereocenters. The molecule has 1 N–H and O–H groups in total. The van der Waals surface area contributed by atoms with Gasteiger partial charge in [-0.3, -0.25) is 4.79 Å². The number of rotatable bonds is 6. The van der Waals surface area contributed by atoms with E-state index in [4.69, 9.17) is 4.74 Å². The third-order valence-electron chi connectivity index (χ3n) is 4.23. The van der Waals surface area contributed by atoms with Crippen LogP contribution in [0.25, 0.3) is 0 Å². The summed E-state index contributed by atoms with van der Waals surface area (Å²) in [6, 6.07) is 3.57. The van der Waals surface area contributed by atoms with Crippen LogP contribution in [0.5, 0.6) is 0 Å². The zero-order valence-corrected chi connectivity index (χ0v) is 13.3. The monoisotopic (exact) mass is 327 g/mol. The summed E-state index contributed by atoms with van der Waals surface area (Å²) in [6.07, 6.45) is 0.834. The molecule has 23 heavy (non-hydrogen) atoms. The van der Waals surface area contributed by atoms with Gasteiger partial charge in [0.1, 0.15) is 11.6 Å². The van der Waals surface area contributed by atoms with Crippen molar-refractivity contribution in [3.63, 3.8) is 0 Å². The molecular weight excluding hydrogens is 304 g/mol. The van der Waals surface area contributed by atoms with Crippen molar-refractivity contribution in [3.05, 3.63) is 35.4 Å². The fraction of sp³-hybridized carbons (Fsp3) is 0.588. The topological polar surface area (TPSA) is 49.8 Å². The van der Waals surface area contributed by atoms with Gasteiger partial charge in [0.05, 0.1) is 18.3 Å². The van der Waals surface area contributed by atoms with Gasteiger partial charge in [-0.1, -0.05) is 6.07 Å². The number of hydrogen-bond acceptors (Lipinski definition) is 4. The molecule has 0 spiro atoms. The van der Waals surface area contributed by atoms with Gasteiger partial charge >= 0.3 is 5.97 Å². The Bertz CT molecular complexity index is 510. The first-order valence-electron chi connectivity index (χ1n) is 8.01. The van der Waals surface area contributed by atoms with Crippen molar-refractivity contribution >= 4 is 5.97 Å². The zero-order valence-electron chi connectivity index (χ0n) is 13.3. The lowest BCUT2D eigenvalue weighted by Crippen LogP contribution is -2.37. The summed E-state index contributed by atoms with van der Waals surface area (Å²) in [5.41, 5.74) is -0.277. The summed E-state index contributed by atoms with van der Waals surface area (Å²) in [5, 5.41) is 10.1. The lowest BCUT2D eigenvalue weighted by Gasteiger charge is -2.32. The van der Waals surface area contributed by atoms with E-state index < -0.39 is 17.7 Å². The van der Waals surface area contributed by atoms with Gasteiger partial charge in [0.15, 0.2) is 0 Å². The first-order chi connectivity index (χ1) is 11.0. The van der Waals surface area contributed by atoms with Gasteiger partial charge in [0.25, 0.3) is 0 Å². The van der Waals surface area contributed by atoms with E-state index in [0.29, 0.717) is 26.1 Å². The maximum Gasteiger partial charge on any atom is 0.306 e. The molecule has 1 fully saturated rings. The molecule has 1 aromatic carbocycles. The third kappa shape index (κ3) is 4.97. The lowest BCUT2D eigenvalue weighted by molar-refractivity contribution is -0.144. The predicted molar refractivity (Wildman–Crippen MR) is 81.7 cm³/mol. The van der Waals surface area contributed by atoms with Crippen molar-refractivity contribution in [2.45, 2.75) is 32.3 Å². The molecule has 1 unspecified atom stereocenters. The summed E-state index contributed by atoms with van der Waals surface area (Å²) in [7, 11) is 0. The second-order valence-electron chi connectivity index (χ2n) is 5.90. The largest absolute Gasteiger partial charge is 0.466 e. The van der Waals surface area contributed by atoms with Gasteiger partial charge in [-0.2, -0.15) is 0 Å². The summed E-state index contributed by atoms with van der Waals surface area (Å²) < 4.78 is 32.3. The lowest BCUT2D eigenvalue weighted by atomic mass is 9.93. The minimum absolute atomic E-state index is 0.181. The molecule has 6 heteroatoms. The Hall–Kier alpha value is -1.53. The fourth-order valence-corrected chi connectivity index (χ4v) is 2.99. The highest BCUT2D eigenvalue weighted by molar-refractivity contribution is 5.69. The number of aliphatic hydroxyl groups excluding tert-OH is 1. The molecule has 4 nitrogen and oxygen atoms in total. The van der Waals surface area contributed by atoms with Crippen molar-refractivity contribution < 1.29 is 23.4 Å². The average molecular weight is 327 g/mol. The van der Waals surface area contributed by atoms with Crippen LogP contribution in [0.2, 0.25) is 0 Å². The smallest absolute Gasteiger partial charge is 0.306 e. The number of aliphatic hydroxyl groups is 1. The number of nitrogens with zero attached hydrogens (tertiary/aromatic N) is 1. The van der Waals surface area contributed by atoms with E-state index in [9.17, 15) is 18.7 Å². The maximum atomic E-state index is 13.7. The number of β-amino-alcohol motifs (C(OH)–C–C–N with tert-alkyl or cyclic N) is 1. The second kappa shape index (κ2) is 8.36. The summed E-state index contributed by atoms with van der Waals surface area (Å²) in [4.78, 5) is 13.4. The maximum absolute atomic E-state index is 13.7. The Kier molecular flexibility index (Phi) is 6.47. The minimum atomic E-state index is -1.20. The highest BCUT2D eigenvalue weighted by Crippen LogP contribution is 2.25. The van der Waals surface area contributed by atoms with Crippen LogP contribution in [0.15, 0.2) is 18.2 Å². The number of ether oxygens (including phenoxy) is 1. The molecule has 1 saturated heterocycles. The Morgan fingerprint density at radius 2 is 1.96 bits per heavy atom. The summed E-state index contributed by atoms with van der Waals surface area (Å²) in [6.45, 7) is 3.74. The van der Waals surface area contributed by atoms with Gasteiger partial charge in [0, 0.05) is 13.0 Å². The van der Waals surface area contributed by atoms with E-state index in [0.717, 1.165) is 25.0 Å². The molecule has 1 aromatic rings. The molecular formula is C17H23F2NO3. The molecule has 0 saturated carbocycles. The first-order valence-corrected chi connectivity index (χ1v) is 8.01. The number of carbonyl (C=O) groups is 1. The number of esters is 1. The highest BCUT2D eigenvalue weighted by atomic mass is 19.1. The van der Waals surface area contributed by atoms with E-state index >= 15 is 0 Å². The minimum Gasteiger partial charge on any atom is -0.466 e. The molecule has 2 rings (SSSR count). The SMILES string of the molecule is CCOC(=O)CC1CCN(CC(O)c2c(F)cccc2F)CC1. The Morgan fingerprint density at radius 1 is 1.35 bits per heavy atom. The van der Waals surface area contributed by atoms with E-state index in [-0.39, 0.29) is 24.0 Å². The van der Waals surface area contributed by atoms with Crippen LogP contribution in [-0.4, -0.2) is 42.2 Å². The van der Waals surface area contributed by atoms with Gasteiger partial charge in [-0.25, -0.2) is 8.78 Å². The van der Waals surface area contributed by atoms with Crippen LogP contribution in [0.4, 0.5) is 8.78 Å². The van der Waals surface area contributed by atoms with Crippen LogP contribution in [0.1, 0.15) is 37.9 Å². The van der Waals surface area contributed by atoms with Crippen LogP contribution in [0.3, 0.4) is 0 Å². The Balaban J connectivity index is 1.83. The fourth-order valence-electron chi connectivity index (χ4n) is 2.99. The molecule has 1 heterocycles. The van der Waals surface area contributed by atoms with E-state index in [1.807, 2.05) is 4.90 Å². The first kappa shape index (κ1) is 17.8. The average Bonchev–Trinajstić information content (AvgIpc) is 2.49. The van der Waals surface area contributed by atoms with Gasteiger partial charge in [-0.05, 0) is 50.9 Å². The normalized spacial score (nSPS) is 17.9. The van der Waals surface area contributed by atoms with E-state index in [1.54, 1.807) is 6.92 Å². The van der Waals surface area contributed by atoms with Crippen LogP contribution < -0.4 is 0 Å². The number of piperidine rings is 1. The molecule has 0 radical (unpaired) electrons. The van der Waals surface area contributed by atoms with Gasteiger partial charge in [-0.15, -0.1) is 0 Å². The van der Waals surface area contributed by atoms with Crippen molar-refractivity contribution in [1.29, 1.82) is 0 Å². The molecule has 1 aliphatic rings. The number of likely N-dealkylation sites (tertiary alicyclic amines) is 1. The van der Waals surface area contributed by atoms with Crippen molar-refractivity contribution in [2.75, 3.05) is 26.2 Å². The quantitative estimate of drug-likeness (QED) is 0.816. The number of carbonyl (C=O) groups excluding carboxylic acids is 1. The van der Waals surface area contributed by atoms with Gasteiger partial charge in [0.2, 0.25) is 0 Å². The highest BCUT2D eigenvalue weighted by Gasteiger charge is 2.25. The molecule has 1 aliphatic heterocycles. The second-order valence-corrected chi connectivity index (χ2v) is 5.90. The van der Waals surface area contributed by atoms with E-state index in [1.165, 1.54) is 6.07 Å². The zero-order chi connectivity index (χ0) is 16.8. The van der Waals surface area contributed by atoms with Gasteiger partial charge < -0.3 is 14.7 Å². The standard InChI is InChI=1S/C17H23F2NO3/c1-2-23-16(22)10-12-6-8-20(9-7-12)11-15(21)17-13(18)4-3-5-14(17)19/h3-5,12,15,21H,2,6-11H2,1H3. The molecule has 128 valence electrons. The van der Waals surface area contributed by atoms with Crippen molar-refractivity contribution in [1.82, 2.24) is 4.90 Å². The Labute approximate surface area is 135 Å². The van der Waals surface area contributed by atoms with Crippen LogP contribution >= 0.6 is 0 Å². The number of hydrogen-bond donors (Lipinski definition) is 1. The third-order valence-corrected chi connectivity index (χ3v) is 4.23. The summed E-state index contributed by atoms with van der Waals surface area (Å²) >= 11 is 0. The van der Waals surface area contributed by atoms with Crippen molar-refractivity contribution in [3.8, 4) is 0 Å². The summed E-state index contributed by atoms with van der Waals surface area (Å²) in [5.74, 6) is -1.36. The van der Waals surface area contributed by atoms with Crippen LogP contribution in [-0.2, 0) is 9.53 Å². The number of halogens is 2. The molecule has 0 aromatic heterocycles. The molecule has 0 amide bonds. The van der Waals surface area contributed by atoms with Crippen LogP contribution in [0, 0.1) is 17.6 Å². The predicted octanol–water partition coefficient (Wildman–Crippen LogP) is 2.66. The Morgan fingerprint density at radius 3 is 2.52 bits per heavy atom. The van der Waals surface area contributed by atoms with Crippen molar-refractivity contribution in [2.24, 2.45) is 5.92 Å². The van der Waals surface area contributed by atoms with E-state index in [2.05, 4.69) is 0 Å². The molecule has 0 bridgehead atoms. The number of benzene rings is 1. The molecule has 0 aliphatic carbocycles.